The Kier molecular flexibility index (Phi) is 5.03. The molecule has 0 aliphatic carbocycles. The van der Waals surface area contributed by atoms with Crippen LogP contribution in [0.3, 0.4) is 0 Å². The Bertz CT molecular complexity index is 788. The quantitative estimate of drug-likeness (QED) is 0.874. The Balaban J connectivity index is 1.68. The molecule has 2 aromatic rings. The number of rotatable bonds is 5. The Hall–Kier alpha value is -2.82. The van der Waals surface area contributed by atoms with Gasteiger partial charge in [0.2, 0.25) is 11.8 Å². The van der Waals surface area contributed by atoms with E-state index in [1.165, 1.54) is 5.56 Å². The average molecular weight is 337 g/mol. The van der Waals surface area contributed by atoms with Gasteiger partial charge in [0.15, 0.2) is 0 Å². The van der Waals surface area contributed by atoms with E-state index in [1.54, 1.807) is 7.05 Å². The molecule has 5 heteroatoms. The molecule has 0 fully saturated rings. The highest BCUT2D eigenvalue weighted by Gasteiger charge is 2.34. The fraction of sp³-hybridized carbons (Fsp3) is 0.300. The summed E-state index contributed by atoms with van der Waals surface area (Å²) < 4.78 is 0. The van der Waals surface area contributed by atoms with Crippen molar-refractivity contribution in [2.24, 2.45) is 0 Å². The number of carbonyl (C=O) groups excluding carboxylic acids is 2. The standard InChI is InChI=1S/C20H23N3O2/c1-14-6-5-7-15(10-14)12-22-19(24)13-23-17-9-4-3-8-16(17)11-18(23)20(25)21-2/h3-10,18H,11-13H2,1-2H3,(H,21,25)(H,22,24)/t18-/m1/s1. The van der Waals surface area contributed by atoms with Crippen molar-refractivity contribution in [2.75, 3.05) is 18.5 Å². The molecule has 2 aromatic carbocycles. The lowest BCUT2D eigenvalue weighted by atomic mass is 10.1. The van der Waals surface area contributed by atoms with Crippen LogP contribution in [-0.4, -0.2) is 31.4 Å². The van der Waals surface area contributed by atoms with Crippen molar-refractivity contribution in [1.29, 1.82) is 0 Å². The monoisotopic (exact) mass is 337 g/mol. The molecule has 1 heterocycles. The number of amides is 2. The number of hydrogen-bond acceptors (Lipinski definition) is 3. The van der Waals surface area contributed by atoms with E-state index in [2.05, 4.69) is 16.7 Å². The first-order chi connectivity index (χ1) is 12.1. The molecular weight excluding hydrogens is 314 g/mol. The SMILES string of the molecule is CNC(=O)[C@H]1Cc2ccccc2N1CC(=O)NCc1cccc(C)c1. The maximum absolute atomic E-state index is 12.4. The third kappa shape index (κ3) is 3.82. The lowest BCUT2D eigenvalue weighted by Gasteiger charge is -2.25. The summed E-state index contributed by atoms with van der Waals surface area (Å²) in [5.41, 5.74) is 4.29. The first kappa shape index (κ1) is 17.0. The summed E-state index contributed by atoms with van der Waals surface area (Å²) in [5.74, 6) is -0.158. The van der Waals surface area contributed by atoms with Crippen molar-refractivity contribution in [2.45, 2.75) is 25.9 Å². The fourth-order valence-electron chi connectivity index (χ4n) is 3.28. The topological polar surface area (TPSA) is 61.4 Å². The van der Waals surface area contributed by atoms with Gasteiger partial charge in [-0.2, -0.15) is 0 Å². The van der Waals surface area contributed by atoms with Gasteiger partial charge in [-0.1, -0.05) is 48.0 Å². The lowest BCUT2D eigenvalue weighted by Crippen LogP contribution is -2.48. The van der Waals surface area contributed by atoms with Gasteiger partial charge in [-0.3, -0.25) is 9.59 Å². The van der Waals surface area contributed by atoms with E-state index in [0.29, 0.717) is 13.0 Å². The number of nitrogens with zero attached hydrogens (tertiary/aromatic N) is 1. The van der Waals surface area contributed by atoms with Crippen molar-refractivity contribution in [3.8, 4) is 0 Å². The summed E-state index contributed by atoms with van der Waals surface area (Å²) in [6.45, 7) is 2.68. The second-order valence-corrected chi connectivity index (χ2v) is 6.36. The van der Waals surface area contributed by atoms with Gasteiger partial charge in [-0.25, -0.2) is 0 Å². The smallest absolute Gasteiger partial charge is 0.242 e. The van der Waals surface area contributed by atoms with Crippen LogP contribution >= 0.6 is 0 Å². The van der Waals surface area contributed by atoms with Crippen molar-refractivity contribution in [3.05, 3.63) is 65.2 Å². The van der Waals surface area contributed by atoms with E-state index in [-0.39, 0.29) is 24.4 Å². The number of fused-ring (bicyclic) bond motifs is 1. The number of likely N-dealkylation sites (N-methyl/N-ethyl adjacent to an activating group) is 1. The maximum atomic E-state index is 12.4. The van der Waals surface area contributed by atoms with Crippen LogP contribution in [-0.2, 0) is 22.6 Å². The Labute approximate surface area is 148 Å². The van der Waals surface area contributed by atoms with Crippen molar-refractivity contribution in [1.82, 2.24) is 10.6 Å². The minimum atomic E-state index is -0.341. The summed E-state index contributed by atoms with van der Waals surface area (Å²) >= 11 is 0. The number of para-hydroxylation sites is 1. The molecule has 0 saturated carbocycles. The zero-order valence-corrected chi connectivity index (χ0v) is 14.6. The van der Waals surface area contributed by atoms with E-state index in [9.17, 15) is 9.59 Å². The van der Waals surface area contributed by atoms with Gasteiger partial charge in [-0.15, -0.1) is 0 Å². The van der Waals surface area contributed by atoms with Crippen LogP contribution in [0, 0.1) is 6.92 Å². The number of benzene rings is 2. The van der Waals surface area contributed by atoms with Gasteiger partial charge in [0.05, 0.1) is 6.54 Å². The highest BCUT2D eigenvalue weighted by molar-refractivity contribution is 5.91. The molecule has 3 rings (SSSR count). The number of anilines is 1. The highest BCUT2D eigenvalue weighted by Crippen LogP contribution is 2.31. The first-order valence-electron chi connectivity index (χ1n) is 8.47. The van der Waals surface area contributed by atoms with Crippen LogP contribution in [0.25, 0.3) is 0 Å². The molecule has 5 nitrogen and oxygen atoms in total. The molecule has 0 saturated heterocycles. The Morgan fingerprint density at radius 2 is 1.96 bits per heavy atom. The summed E-state index contributed by atoms with van der Waals surface area (Å²) in [6.07, 6.45) is 0.626. The second kappa shape index (κ2) is 7.38. The Morgan fingerprint density at radius 1 is 1.16 bits per heavy atom. The maximum Gasteiger partial charge on any atom is 0.242 e. The van der Waals surface area contributed by atoms with Crippen LogP contribution in [0.15, 0.2) is 48.5 Å². The lowest BCUT2D eigenvalue weighted by molar-refractivity contribution is -0.122. The molecule has 25 heavy (non-hydrogen) atoms. The molecule has 2 amide bonds. The predicted octanol–water partition coefficient (Wildman–Crippen LogP) is 1.79. The van der Waals surface area contributed by atoms with Gasteiger partial charge in [0, 0.05) is 25.7 Å². The van der Waals surface area contributed by atoms with E-state index in [4.69, 9.17) is 0 Å². The van der Waals surface area contributed by atoms with Gasteiger partial charge in [-0.05, 0) is 24.1 Å². The fourth-order valence-corrected chi connectivity index (χ4v) is 3.28. The molecule has 0 bridgehead atoms. The number of aryl methyl sites for hydroxylation is 1. The van der Waals surface area contributed by atoms with Crippen LogP contribution in [0.1, 0.15) is 16.7 Å². The molecule has 0 spiro atoms. The Morgan fingerprint density at radius 3 is 2.72 bits per heavy atom. The zero-order valence-electron chi connectivity index (χ0n) is 14.6. The van der Waals surface area contributed by atoms with E-state index < -0.39 is 0 Å². The summed E-state index contributed by atoms with van der Waals surface area (Å²) in [5, 5.41) is 5.65. The van der Waals surface area contributed by atoms with Crippen molar-refractivity contribution < 1.29 is 9.59 Å². The molecule has 130 valence electrons. The third-order valence-corrected chi connectivity index (χ3v) is 4.53. The summed E-state index contributed by atoms with van der Waals surface area (Å²) in [6, 6.07) is 15.6. The van der Waals surface area contributed by atoms with Crippen LogP contribution in [0.4, 0.5) is 5.69 Å². The van der Waals surface area contributed by atoms with Crippen LogP contribution in [0.5, 0.6) is 0 Å². The van der Waals surface area contributed by atoms with Gasteiger partial charge >= 0.3 is 0 Å². The highest BCUT2D eigenvalue weighted by atomic mass is 16.2. The number of nitrogens with one attached hydrogen (secondary N) is 2. The van der Waals surface area contributed by atoms with Crippen LogP contribution in [0.2, 0.25) is 0 Å². The second-order valence-electron chi connectivity index (χ2n) is 6.36. The number of hydrogen-bond donors (Lipinski definition) is 2. The van der Waals surface area contributed by atoms with E-state index in [0.717, 1.165) is 16.8 Å². The summed E-state index contributed by atoms with van der Waals surface area (Å²) in [4.78, 5) is 26.5. The van der Waals surface area contributed by atoms with Crippen LogP contribution < -0.4 is 15.5 Å². The van der Waals surface area contributed by atoms with E-state index in [1.807, 2.05) is 54.3 Å². The molecule has 1 atom stereocenters. The molecular formula is C20H23N3O2. The normalized spacial score (nSPS) is 15.6. The predicted molar refractivity (Wildman–Crippen MR) is 98.4 cm³/mol. The molecule has 0 radical (unpaired) electrons. The molecule has 2 N–H and O–H groups in total. The minimum Gasteiger partial charge on any atom is -0.357 e. The molecule has 0 aromatic heterocycles. The summed E-state index contributed by atoms with van der Waals surface area (Å²) in [7, 11) is 1.63. The molecule has 1 aliphatic heterocycles. The third-order valence-electron chi connectivity index (χ3n) is 4.53. The molecule has 0 unspecified atom stereocenters. The number of carbonyl (C=O) groups is 2. The average Bonchev–Trinajstić information content (AvgIpc) is 2.98. The van der Waals surface area contributed by atoms with Gasteiger partial charge < -0.3 is 15.5 Å². The zero-order chi connectivity index (χ0) is 17.8. The minimum absolute atomic E-state index is 0.0670. The van der Waals surface area contributed by atoms with Gasteiger partial charge in [0.25, 0.3) is 0 Å². The van der Waals surface area contributed by atoms with E-state index >= 15 is 0 Å². The van der Waals surface area contributed by atoms with Crippen molar-refractivity contribution in [3.63, 3.8) is 0 Å². The largest absolute Gasteiger partial charge is 0.357 e. The van der Waals surface area contributed by atoms with Gasteiger partial charge in [0.1, 0.15) is 6.04 Å². The van der Waals surface area contributed by atoms with Crippen molar-refractivity contribution >= 4 is 17.5 Å². The first-order valence-corrected chi connectivity index (χ1v) is 8.47. The molecule has 1 aliphatic rings.